The van der Waals surface area contributed by atoms with Crippen LogP contribution in [-0.2, 0) is 77.6 Å². The van der Waals surface area contributed by atoms with Crippen molar-refractivity contribution in [1.82, 2.24) is 0 Å². The highest BCUT2D eigenvalue weighted by Crippen LogP contribution is 2.48. The monoisotopic (exact) mass is 1290 g/mol. The number of esters is 1. The van der Waals surface area contributed by atoms with E-state index in [1.807, 2.05) is 0 Å². The zero-order valence-electron chi connectivity index (χ0n) is 49.4. The third kappa shape index (κ3) is 15.7. The van der Waals surface area contributed by atoms with Gasteiger partial charge < -0.3 is 112 Å². The molecule has 0 aromatic heterocycles. The number of ketones is 2. The number of halogens is 3. The second kappa shape index (κ2) is 30.0. The normalized spacial score (nSPS) is 38.3. The van der Waals surface area contributed by atoms with Gasteiger partial charge in [-0.3, -0.25) is 14.4 Å². The molecule has 6 aliphatic rings. The molecular weight excluding hydrogens is 1210 g/mol. The van der Waals surface area contributed by atoms with Crippen molar-refractivity contribution in [1.29, 1.82) is 0 Å². The van der Waals surface area contributed by atoms with E-state index in [2.05, 4.69) is 0 Å². The quantitative estimate of drug-likeness (QED) is 0.0969. The van der Waals surface area contributed by atoms with Gasteiger partial charge >= 0.3 is 12.1 Å². The number of rotatable bonds is 18. The zero-order chi connectivity index (χ0) is 60.8. The van der Waals surface area contributed by atoms with Crippen LogP contribution < -0.4 is 4.74 Å². The lowest BCUT2D eigenvalue weighted by molar-refractivity contribution is -0.334. The smallest absolute Gasteiger partial charge is 0.506 e. The number of Topliss-reactive ketones (excluding diaryl/α,β-unsaturated/α-hetero) is 2. The fourth-order valence-electron chi connectivity index (χ4n) is 12.4. The number of aliphatic hydroxyl groups is 6. The molecule has 0 radical (unpaired) electrons. The molecule has 86 heavy (non-hydrogen) atoms. The van der Waals surface area contributed by atoms with Crippen LogP contribution in [0.25, 0.3) is 10.8 Å². The van der Waals surface area contributed by atoms with Crippen molar-refractivity contribution >= 4 is 71.7 Å². The maximum atomic E-state index is 15.1. The average molecular weight is 1290 g/mol. The van der Waals surface area contributed by atoms with Crippen molar-refractivity contribution in [3.63, 3.8) is 0 Å². The number of methoxy groups -OCH3 is 2. The Morgan fingerprint density at radius 3 is 1.77 bits per heavy atom. The lowest BCUT2D eigenvalue weighted by atomic mass is 9.75. The number of carbonyl (C=O) groups is 4. The SMILES string of the molecule is CO[C@@H]1[C@H](O)C[C@@H](O[C@@H]2C[C@H](Oc3cc4cc5c(c(O)c4c(O)c3C)C(=O)[C@@H](O[C@H]3C[C@@H](O[C@H]4C[C@@H](O[C@H]6C[C@](C)(O)[C@@H](OC(C)=O)[C@H](C)O6)[C@H](O)[C@@H](C)O4)[C@H](O)[C@@H](C)O3)[C@H]([C@H](OC)C(=O)[C@@H](O)[C@@H](C)O)C5)O[C@H](C)[C@@H]2OC(=O)O)O[C@@H]1C.Cl.Cl.Cl. The molecule has 8 rings (SSSR count). The fraction of sp³-hybridized carbons (Fsp3) is 0.750. The van der Waals surface area contributed by atoms with Crippen LogP contribution in [0.4, 0.5) is 4.79 Å². The number of aromatic hydroxyl groups is 2. The first kappa shape index (κ1) is 73.1. The van der Waals surface area contributed by atoms with E-state index in [0.29, 0.717) is 0 Å². The van der Waals surface area contributed by atoms with Gasteiger partial charge in [-0.25, -0.2) is 4.79 Å². The number of hydrogen-bond donors (Lipinski definition) is 9. The molecule has 5 aliphatic heterocycles. The van der Waals surface area contributed by atoms with Gasteiger partial charge in [-0.1, -0.05) is 0 Å². The van der Waals surface area contributed by atoms with Crippen LogP contribution in [0.3, 0.4) is 0 Å². The molecule has 0 unspecified atom stereocenters. The molecule has 0 amide bonds. The van der Waals surface area contributed by atoms with Gasteiger partial charge in [0.1, 0.15) is 65.6 Å². The van der Waals surface area contributed by atoms with Crippen molar-refractivity contribution in [2.24, 2.45) is 5.92 Å². The summed E-state index contributed by atoms with van der Waals surface area (Å²) in [5.41, 5.74) is -1.60. The molecular formula is C56H83Cl3O27. The van der Waals surface area contributed by atoms with Crippen molar-refractivity contribution < 1.29 is 131 Å². The van der Waals surface area contributed by atoms with Gasteiger partial charge in [-0.15, -0.1) is 37.2 Å². The van der Waals surface area contributed by atoms with Crippen LogP contribution in [0.15, 0.2) is 12.1 Å². The largest absolute Gasteiger partial charge is 0.507 e. The third-order valence-corrected chi connectivity index (χ3v) is 16.6. The fourth-order valence-corrected chi connectivity index (χ4v) is 12.4. The Hall–Kier alpha value is -3.63. The Kier molecular flexibility index (Phi) is 25.5. The number of benzene rings is 2. The lowest BCUT2D eigenvalue weighted by Gasteiger charge is -2.46. The van der Waals surface area contributed by atoms with Crippen LogP contribution in [0.5, 0.6) is 17.2 Å². The molecule has 0 saturated carbocycles. The molecule has 27 nitrogen and oxygen atoms in total. The van der Waals surface area contributed by atoms with E-state index in [0.717, 1.165) is 0 Å². The molecule has 0 bridgehead atoms. The maximum Gasteiger partial charge on any atom is 0.506 e. The number of fused-ring (bicyclic) bond motifs is 2. The van der Waals surface area contributed by atoms with Crippen molar-refractivity contribution in [3.8, 4) is 17.2 Å². The Balaban J connectivity index is 0.00000450. The number of hydrogen-bond acceptors (Lipinski definition) is 26. The van der Waals surface area contributed by atoms with Gasteiger partial charge in [0, 0.05) is 64.7 Å². The third-order valence-electron chi connectivity index (χ3n) is 16.6. The van der Waals surface area contributed by atoms with Crippen LogP contribution in [0.1, 0.15) is 109 Å². The summed E-state index contributed by atoms with van der Waals surface area (Å²) in [5.74, 6) is -4.89. The van der Waals surface area contributed by atoms with E-state index < -0.39 is 188 Å². The minimum atomic E-state index is -1.97. The lowest BCUT2D eigenvalue weighted by Crippen LogP contribution is -2.59. The topological polar surface area (TPSA) is 380 Å². The summed E-state index contributed by atoms with van der Waals surface area (Å²) in [7, 11) is 2.60. The number of phenolic OH excluding ortho intramolecular Hbond substituents is 2. The molecule has 25 atom stereocenters. The number of carboxylic acid groups (broad SMARTS) is 1. The molecule has 30 heteroatoms. The molecule has 490 valence electrons. The summed E-state index contributed by atoms with van der Waals surface area (Å²) >= 11 is 0. The molecule has 0 spiro atoms. The predicted octanol–water partition coefficient (Wildman–Crippen LogP) is 2.94. The summed E-state index contributed by atoms with van der Waals surface area (Å²) in [5, 5.41) is 99.5. The standard InChI is InChI=1S/C56H80O27.3ClH/c1-20-32(78-38-18-35(51(25(6)75-38)83-55(67)68)81-36-15-31(59)50(70-10)24(5)74-36)14-29-12-28-13-30(52(71-11)49(66)44(61)21(2)57)53(48(65)42(28)47(64)41(29)43(20)60)82-39-17-33(45(62)23(4)73-39)79-37-16-34(46(63)22(3)72-37)80-40-19-56(9,69)54(26(7)76-40)77-27(8)58;;;/h12,14,21-26,30-31,33-40,44-46,50-54,57,59-64,69H,13,15-19H2,1-11H3,(H,67,68);3*1H/t21-,22-,23-,24-,25-,26+,30+,31-,33-,34-,35-,36-,37+,38+,39+,40+,44+,45-,46-,50+,51+,52+,53+,54+,56+;;;/m1.../s1. The van der Waals surface area contributed by atoms with E-state index in [9.17, 15) is 60.3 Å². The number of phenols is 2. The molecule has 5 saturated heterocycles. The van der Waals surface area contributed by atoms with Gasteiger partial charge in [0.15, 0.2) is 48.9 Å². The summed E-state index contributed by atoms with van der Waals surface area (Å²) in [6.07, 6.45) is -28.7. The number of carbonyl (C=O) groups excluding carboxylic acids is 3. The zero-order valence-corrected chi connectivity index (χ0v) is 51.8. The van der Waals surface area contributed by atoms with Crippen molar-refractivity contribution in [2.45, 2.75) is 248 Å². The second-order valence-electron chi connectivity index (χ2n) is 22.9. The van der Waals surface area contributed by atoms with Gasteiger partial charge in [0.05, 0.1) is 65.9 Å². The summed E-state index contributed by atoms with van der Waals surface area (Å²) in [6.45, 7) is 13.3. The Morgan fingerprint density at radius 2 is 1.22 bits per heavy atom. The molecule has 9 N–H and O–H groups in total. The van der Waals surface area contributed by atoms with Crippen molar-refractivity contribution in [3.05, 3.63) is 28.8 Å². The minimum Gasteiger partial charge on any atom is -0.507 e. The first-order valence-electron chi connectivity index (χ1n) is 27.9. The van der Waals surface area contributed by atoms with Crippen LogP contribution in [-0.4, -0.2) is 231 Å². The van der Waals surface area contributed by atoms with Gasteiger partial charge in [-0.05, 0) is 84.9 Å². The van der Waals surface area contributed by atoms with E-state index in [-0.39, 0.29) is 109 Å². The molecule has 5 heterocycles. The minimum absolute atomic E-state index is 0. The highest BCUT2D eigenvalue weighted by molar-refractivity contribution is 6.11. The second-order valence-corrected chi connectivity index (χ2v) is 22.9. The van der Waals surface area contributed by atoms with Crippen molar-refractivity contribution in [2.75, 3.05) is 14.2 Å². The first-order chi connectivity index (χ1) is 39.0. The van der Waals surface area contributed by atoms with Gasteiger partial charge in [-0.2, -0.15) is 0 Å². The summed E-state index contributed by atoms with van der Waals surface area (Å²) < 4.78 is 83.3. The molecule has 1 aliphatic carbocycles. The average Bonchev–Trinajstić information content (AvgIpc) is 3.17. The highest BCUT2D eigenvalue weighted by Gasteiger charge is 2.52. The Bertz CT molecular complexity index is 2640. The van der Waals surface area contributed by atoms with Crippen LogP contribution in [0, 0.1) is 12.8 Å². The Morgan fingerprint density at radius 1 is 0.698 bits per heavy atom. The summed E-state index contributed by atoms with van der Waals surface area (Å²) in [6, 6.07) is 2.97. The van der Waals surface area contributed by atoms with Gasteiger partial charge in [0.25, 0.3) is 0 Å². The van der Waals surface area contributed by atoms with Crippen LogP contribution >= 0.6 is 37.2 Å². The molecule has 5 fully saturated rings. The predicted molar refractivity (Wildman–Crippen MR) is 302 cm³/mol. The number of aliphatic hydroxyl groups excluding tert-OH is 5. The van der Waals surface area contributed by atoms with Gasteiger partial charge in [0.2, 0.25) is 6.29 Å². The molecule has 2 aromatic carbocycles. The summed E-state index contributed by atoms with van der Waals surface area (Å²) in [4.78, 5) is 52.7. The molecule has 2 aromatic rings. The highest BCUT2D eigenvalue weighted by atomic mass is 35.5. The van der Waals surface area contributed by atoms with Crippen LogP contribution in [0.2, 0.25) is 0 Å². The van der Waals surface area contributed by atoms with E-state index >= 15 is 4.79 Å². The number of ether oxygens (including phenoxy) is 14. The van der Waals surface area contributed by atoms with E-state index in [1.54, 1.807) is 27.7 Å². The van der Waals surface area contributed by atoms with E-state index in [1.165, 1.54) is 61.0 Å². The Labute approximate surface area is 515 Å². The maximum absolute atomic E-state index is 15.1. The first-order valence-corrected chi connectivity index (χ1v) is 27.9. The van der Waals surface area contributed by atoms with E-state index in [4.69, 9.17) is 66.3 Å².